The second-order valence-electron chi connectivity index (χ2n) is 7.30. The Morgan fingerprint density at radius 2 is 1.88 bits per heavy atom. The summed E-state index contributed by atoms with van der Waals surface area (Å²) < 4.78 is 16.5. The van der Waals surface area contributed by atoms with Gasteiger partial charge in [0, 0.05) is 10.5 Å². The van der Waals surface area contributed by atoms with Gasteiger partial charge in [-0.05, 0) is 42.8 Å². The molecule has 8 nitrogen and oxygen atoms in total. The zero-order chi connectivity index (χ0) is 22.6. The van der Waals surface area contributed by atoms with Crippen LogP contribution in [-0.4, -0.2) is 24.1 Å². The number of aryl methyl sites for hydroxylation is 1. The summed E-state index contributed by atoms with van der Waals surface area (Å²) in [6.45, 7) is 1.71. The number of halogens is 1. The molecule has 9 heteroatoms. The number of methoxy groups -OCH3 is 1. The maximum absolute atomic E-state index is 13.5. The summed E-state index contributed by atoms with van der Waals surface area (Å²) in [5.74, 6) is -0.272. The van der Waals surface area contributed by atoms with Crippen molar-refractivity contribution < 1.29 is 23.3 Å². The van der Waals surface area contributed by atoms with Crippen molar-refractivity contribution in [1.29, 1.82) is 0 Å². The number of ether oxygens (including phenoxy) is 1. The summed E-state index contributed by atoms with van der Waals surface area (Å²) in [6.07, 6.45) is 0. The lowest BCUT2D eigenvalue weighted by Gasteiger charge is -2.22. The van der Waals surface area contributed by atoms with Crippen LogP contribution in [0.1, 0.15) is 43.8 Å². The Bertz CT molecular complexity index is 1450. The Labute approximate surface area is 189 Å². The highest BCUT2D eigenvalue weighted by Crippen LogP contribution is 2.41. The van der Waals surface area contributed by atoms with Gasteiger partial charge in [-0.2, -0.15) is 0 Å². The molecular weight excluding hydrogens is 480 g/mol. The van der Waals surface area contributed by atoms with Gasteiger partial charge in [-0.25, -0.2) is 4.79 Å². The van der Waals surface area contributed by atoms with Gasteiger partial charge in [0.05, 0.1) is 29.7 Å². The van der Waals surface area contributed by atoms with E-state index in [1.54, 1.807) is 55.5 Å². The highest BCUT2D eigenvalue weighted by molar-refractivity contribution is 9.10. The average Bonchev–Trinajstić information content (AvgIpc) is 3.35. The third-order valence-electron chi connectivity index (χ3n) is 5.34. The number of carbonyl (C=O) groups excluding carboxylic acids is 2. The molecule has 0 N–H and O–H groups in total. The number of rotatable bonds is 3. The van der Waals surface area contributed by atoms with Gasteiger partial charge in [0.15, 0.2) is 11.2 Å². The van der Waals surface area contributed by atoms with Crippen LogP contribution in [-0.2, 0) is 4.74 Å². The van der Waals surface area contributed by atoms with Gasteiger partial charge in [0.25, 0.3) is 5.91 Å². The molecule has 0 fully saturated rings. The zero-order valence-corrected chi connectivity index (χ0v) is 18.5. The van der Waals surface area contributed by atoms with Crippen molar-refractivity contribution >= 4 is 44.6 Å². The normalized spacial score (nSPS) is 15.3. The average molecular weight is 495 g/mol. The first-order valence-corrected chi connectivity index (χ1v) is 10.4. The molecule has 3 heterocycles. The largest absolute Gasteiger partial charge is 0.465 e. The van der Waals surface area contributed by atoms with Crippen LogP contribution in [0.2, 0.25) is 0 Å². The van der Waals surface area contributed by atoms with Gasteiger partial charge in [0.1, 0.15) is 11.3 Å². The lowest BCUT2D eigenvalue weighted by molar-refractivity contribution is 0.0600. The van der Waals surface area contributed by atoms with Crippen LogP contribution in [0.25, 0.3) is 11.0 Å². The van der Waals surface area contributed by atoms with Crippen molar-refractivity contribution in [3.8, 4) is 0 Å². The number of carbonyl (C=O) groups is 2. The summed E-state index contributed by atoms with van der Waals surface area (Å²) in [5.41, 5.74) is 1.14. The predicted molar refractivity (Wildman–Crippen MR) is 118 cm³/mol. The van der Waals surface area contributed by atoms with Crippen LogP contribution in [0.5, 0.6) is 0 Å². The summed E-state index contributed by atoms with van der Waals surface area (Å²) >= 11 is 3.37. The molecule has 1 amide bonds. The minimum Gasteiger partial charge on any atom is -0.465 e. The Morgan fingerprint density at radius 3 is 2.53 bits per heavy atom. The first-order valence-electron chi connectivity index (χ1n) is 9.60. The Kier molecular flexibility index (Phi) is 4.70. The van der Waals surface area contributed by atoms with E-state index in [-0.39, 0.29) is 22.6 Å². The molecule has 0 saturated carbocycles. The molecule has 0 aliphatic carbocycles. The fourth-order valence-corrected chi connectivity index (χ4v) is 4.24. The number of amides is 1. The molecule has 2 aromatic heterocycles. The van der Waals surface area contributed by atoms with Crippen molar-refractivity contribution in [1.82, 2.24) is 5.16 Å². The molecule has 0 saturated heterocycles. The number of benzene rings is 2. The van der Waals surface area contributed by atoms with Crippen molar-refractivity contribution in [2.24, 2.45) is 0 Å². The molecule has 2 aromatic carbocycles. The Hall–Kier alpha value is -3.72. The summed E-state index contributed by atoms with van der Waals surface area (Å²) in [6, 6.07) is 12.3. The van der Waals surface area contributed by atoms with Crippen LogP contribution in [0.15, 0.2) is 66.7 Å². The third kappa shape index (κ3) is 3.04. The van der Waals surface area contributed by atoms with Crippen LogP contribution in [0, 0.1) is 6.92 Å². The number of anilines is 1. The minimum absolute atomic E-state index is 0.0486. The van der Waals surface area contributed by atoms with E-state index in [4.69, 9.17) is 13.7 Å². The maximum Gasteiger partial charge on any atom is 0.337 e. The van der Waals surface area contributed by atoms with E-state index in [1.165, 1.54) is 12.0 Å². The number of fused-ring (bicyclic) bond motifs is 2. The molecule has 5 rings (SSSR count). The standard InChI is InChI=1S/C23H15BrN2O6/c1-11-9-17(25-32-11)26-19(12-3-5-13(6-4-12)23(29)30-2)18-20(27)15-10-14(24)7-8-16(15)31-21(18)22(26)28/h3-10,19H,1-2H3/t19-/m0/s1. The maximum atomic E-state index is 13.5. The van der Waals surface area contributed by atoms with E-state index in [1.807, 2.05) is 0 Å². The van der Waals surface area contributed by atoms with Gasteiger partial charge in [-0.15, -0.1) is 0 Å². The minimum atomic E-state index is -0.812. The van der Waals surface area contributed by atoms with Gasteiger partial charge < -0.3 is 13.7 Å². The van der Waals surface area contributed by atoms with E-state index < -0.39 is 17.9 Å². The Balaban J connectivity index is 1.76. The summed E-state index contributed by atoms with van der Waals surface area (Å²) in [7, 11) is 1.30. The molecular formula is C23H15BrN2O6. The molecule has 0 radical (unpaired) electrons. The third-order valence-corrected chi connectivity index (χ3v) is 5.84. The topological polar surface area (TPSA) is 103 Å². The number of esters is 1. The fraction of sp³-hybridized carbons (Fsp3) is 0.130. The molecule has 32 heavy (non-hydrogen) atoms. The van der Waals surface area contributed by atoms with Gasteiger partial charge in [-0.3, -0.25) is 14.5 Å². The van der Waals surface area contributed by atoms with Crippen molar-refractivity contribution in [2.75, 3.05) is 12.0 Å². The smallest absolute Gasteiger partial charge is 0.337 e. The number of nitrogens with zero attached hydrogens (tertiary/aromatic N) is 2. The van der Waals surface area contributed by atoms with E-state index in [0.717, 1.165) is 0 Å². The van der Waals surface area contributed by atoms with Crippen molar-refractivity contribution in [3.05, 3.63) is 91.4 Å². The first-order chi connectivity index (χ1) is 15.4. The number of hydrogen-bond acceptors (Lipinski definition) is 7. The second-order valence-corrected chi connectivity index (χ2v) is 8.22. The molecule has 0 bridgehead atoms. The van der Waals surface area contributed by atoms with E-state index >= 15 is 0 Å². The molecule has 4 aromatic rings. The molecule has 1 atom stereocenters. The zero-order valence-electron chi connectivity index (χ0n) is 16.9. The van der Waals surface area contributed by atoms with Gasteiger partial charge in [-0.1, -0.05) is 33.2 Å². The van der Waals surface area contributed by atoms with E-state index in [2.05, 4.69) is 21.1 Å². The van der Waals surface area contributed by atoms with Crippen molar-refractivity contribution in [2.45, 2.75) is 13.0 Å². The van der Waals surface area contributed by atoms with Crippen LogP contribution >= 0.6 is 15.9 Å². The molecule has 160 valence electrons. The van der Waals surface area contributed by atoms with Gasteiger partial charge >= 0.3 is 5.97 Å². The van der Waals surface area contributed by atoms with Crippen molar-refractivity contribution in [3.63, 3.8) is 0 Å². The number of hydrogen-bond donors (Lipinski definition) is 0. The first kappa shape index (κ1) is 20.2. The lowest BCUT2D eigenvalue weighted by atomic mass is 9.97. The highest BCUT2D eigenvalue weighted by Gasteiger charge is 2.44. The molecule has 1 aliphatic heterocycles. The monoisotopic (exact) mass is 494 g/mol. The van der Waals surface area contributed by atoms with Crippen LogP contribution in [0.4, 0.5) is 5.82 Å². The molecule has 1 aliphatic rings. The number of aromatic nitrogens is 1. The SMILES string of the molecule is COC(=O)c1ccc([C@H]2c3c(oc4ccc(Br)cc4c3=O)C(=O)N2c2cc(C)on2)cc1. The van der Waals surface area contributed by atoms with E-state index in [9.17, 15) is 14.4 Å². The van der Waals surface area contributed by atoms with E-state index in [0.29, 0.717) is 32.3 Å². The predicted octanol–water partition coefficient (Wildman–Crippen LogP) is 4.39. The summed E-state index contributed by atoms with van der Waals surface area (Å²) in [5, 5.41) is 4.33. The Morgan fingerprint density at radius 1 is 1.12 bits per heavy atom. The summed E-state index contributed by atoms with van der Waals surface area (Å²) in [4.78, 5) is 40.1. The fourth-order valence-electron chi connectivity index (χ4n) is 3.88. The highest BCUT2D eigenvalue weighted by atomic mass is 79.9. The quantitative estimate of drug-likeness (QED) is 0.389. The van der Waals surface area contributed by atoms with Crippen LogP contribution < -0.4 is 10.3 Å². The lowest BCUT2D eigenvalue weighted by Crippen LogP contribution is -2.29. The molecule has 0 spiro atoms. The molecule has 0 unspecified atom stereocenters. The second kappa shape index (κ2) is 7.45. The van der Waals surface area contributed by atoms with Gasteiger partial charge in [0.2, 0.25) is 5.76 Å². The van der Waals surface area contributed by atoms with Crippen LogP contribution in [0.3, 0.4) is 0 Å².